The first-order valence-electron chi connectivity index (χ1n) is 8.08. The second-order valence-electron chi connectivity index (χ2n) is 6.87. The molecule has 1 heterocycles. The number of amides is 1. The Balaban J connectivity index is 1.88. The lowest BCUT2D eigenvalue weighted by Crippen LogP contribution is -2.49. The quantitative estimate of drug-likeness (QED) is 0.874. The number of hydrogen-bond acceptors (Lipinski definition) is 2. The van der Waals surface area contributed by atoms with Crippen LogP contribution in [0.2, 0.25) is 0 Å². The van der Waals surface area contributed by atoms with E-state index in [4.69, 9.17) is 0 Å². The van der Waals surface area contributed by atoms with Gasteiger partial charge < -0.3 is 10.6 Å². The molecule has 0 radical (unpaired) electrons. The molecule has 2 unspecified atom stereocenters. The van der Waals surface area contributed by atoms with E-state index in [9.17, 15) is 4.79 Å². The second kappa shape index (κ2) is 7.08. The number of carbonyl (C=O) groups excluding carboxylic acids is 1. The first-order valence-corrected chi connectivity index (χ1v) is 8.08. The summed E-state index contributed by atoms with van der Waals surface area (Å²) in [7, 11) is 0. The van der Waals surface area contributed by atoms with E-state index in [1.807, 2.05) is 6.07 Å². The van der Waals surface area contributed by atoms with Crippen LogP contribution in [0.25, 0.3) is 0 Å². The predicted molar refractivity (Wildman–Crippen MR) is 87.3 cm³/mol. The lowest BCUT2D eigenvalue weighted by Gasteiger charge is -2.30. The molecule has 0 saturated carbocycles. The number of rotatable bonds is 5. The van der Waals surface area contributed by atoms with Gasteiger partial charge in [0.25, 0.3) is 0 Å². The molecule has 0 bridgehead atoms. The normalized spacial score (nSPS) is 20.8. The van der Waals surface area contributed by atoms with Gasteiger partial charge in [-0.3, -0.25) is 4.79 Å². The van der Waals surface area contributed by atoms with Gasteiger partial charge in [0.2, 0.25) is 5.91 Å². The van der Waals surface area contributed by atoms with Gasteiger partial charge in [0, 0.05) is 6.04 Å². The van der Waals surface area contributed by atoms with E-state index in [1.165, 1.54) is 12.0 Å². The fraction of sp³-hybridized carbons (Fsp3) is 0.611. The summed E-state index contributed by atoms with van der Waals surface area (Å²) >= 11 is 0. The molecule has 0 aromatic heterocycles. The zero-order chi connectivity index (χ0) is 15.3. The minimum atomic E-state index is 0.000961. The van der Waals surface area contributed by atoms with E-state index in [1.54, 1.807) is 0 Å². The molecule has 3 heteroatoms. The van der Waals surface area contributed by atoms with Crippen LogP contribution in [0.15, 0.2) is 30.3 Å². The summed E-state index contributed by atoms with van der Waals surface area (Å²) in [5, 5.41) is 6.48. The monoisotopic (exact) mass is 288 g/mol. The Morgan fingerprint density at radius 2 is 2.05 bits per heavy atom. The standard InChI is InChI=1S/C18H28N2O/c1-14(20-17(21)16-11-7-8-12-19-16)13-18(2,3)15-9-5-4-6-10-15/h4-6,9-10,14,16,19H,7-8,11-13H2,1-3H3,(H,20,21). The SMILES string of the molecule is CC(CC(C)(C)c1ccccc1)NC(=O)C1CCCCN1. The van der Waals surface area contributed by atoms with Crippen molar-refractivity contribution in [2.75, 3.05) is 6.54 Å². The summed E-state index contributed by atoms with van der Waals surface area (Å²) in [6, 6.07) is 10.7. The molecule has 3 nitrogen and oxygen atoms in total. The number of benzene rings is 1. The van der Waals surface area contributed by atoms with Crippen molar-refractivity contribution in [2.24, 2.45) is 0 Å². The lowest BCUT2D eigenvalue weighted by molar-refractivity contribution is -0.124. The third-order valence-corrected chi connectivity index (χ3v) is 4.39. The van der Waals surface area contributed by atoms with Gasteiger partial charge in [-0.05, 0) is 43.7 Å². The Hall–Kier alpha value is -1.35. The van der Waals surface area contributed by atoms with Crippen LogP contribution < -0.4 is 10.6 Å². The predicted octanol–water partition coefficient (Wildman–Crippen LogP) is 3.00. The molecular formula is C18H28N2O. The van der Waals surface area contributed by atoms with Crippen molar-refractivity contribution in [3.63, 3.8) is 0 Å². The molecule has 21 heavy (non-hydrogen) atoms. The van der Waals surface area contributed by atoms with Crippen molar-refractivity contribution in [3.8, 4) is 0 Å². The zero-order valence-electron chi connectivity index (χ0n) is 13.5. The van der Waals surface area contributed by atoms with Crippen LogP contribution >= 0.6 is 0 Å². The highest BCUT2D eigenvalue weighted by molar-refractivity contribution is 5.82. The maximum Gasteiger partial charge on any atom is 0.237 e. The van der Waals surface area contributed by atoms with E-state index < -0.39 is 0 Å². The van der Waals surface area contributed by atoms with Crippen molar-refractivity contribution in [1.82, 2.24) is 10.6 Å². The van der Waals surface area contributed by atoms with Gasteiger partial charge in [-0.1, -0.05) is 50.6 Å². The van der Waals surface area contributed by atoms with Crippen LogP contribution in [-0.4, -0.2) is 24.5 Å². The molecule has 1 fully saturated rings. The number of piperidine rings is 1. The molecular weight excluding hydrogens is 260 g/mol. The van der Waals surface area contributed by atoms with Gasteiger partial charge in [-0.25, -0.2) is 0 Å². The summed E-state index contributed by atoms with van der Waals surface area (Å²) in [6.07, 6.45) is 4.23. The van der Waals surface area contributed by atoms with Crippen molar-refractivity contribution >= 4 is 5.91 Å². The van der Waals surface area contributed by atoms with Gasteiger partial charge in [-0.2, -0.15) is 0 Å². The van der Waals surface area contributed by atoms with Crippen LogP contribution in [0, 0.1) is 0 Å². The first kappa shape index (κ1) is 16.0. The van der Waals surface area contributed by atoms with Crippen molar-refractivity contribution < 1.29 is 4.79 Å². The van der Waals surface area contributed by atoms with Gasteiger partial charge in [-0.15, -0.1) is 0 Å². The summed E-state index contributed by atoms with van der Waals surface area (Å²) in [5.74, 6) is 0.158. The summed E-state index contributed by atoms with van der Waals surface area (Å²) in [6.45, 7) is 7.54. The third kappa shape index (κ3) is 4.57. The van der Waals surface area contributed by atoms with E-state index >= 15 is 0 Å². The minimum Gasteiger partial charge on any atom is -0.352 e. The average Bonchev–Trinajstić information content (AvgIpc) is 2.48. The summed E-state index contributed by atoms with van der Waals surface area (Å²) < 4.78 is 0. The maximum absolute atomic E-state index is 12.3. The molecule has 2 N–H and O–H groups in total. The fourth-order valence-corrected chi connectivity index (χ4v) is 3.24. The van der Waals surface area contributed by atoms with Gasteiger partial charge in [0.05, 0.1) is 6.04 Å². The molecule has 1 saturated heterocycles. The highest BCUT2D eigenvalue weighted by Crippen LogP contribution is 2.28. The van der Waals surface area contributed by atoms with Gasteiger partial charge >= 0.3 is 0 Å². The first-order chi connectivity index (χ1) is 9.99. The largest absolute Gasteiger partial charge is 0.352 e. The molecule has 116 valence electrons. The highest BCUT2D eigenvalue weighted by Gasteiger charge is 2.26. The van der Waals surface area contributed by atoms with Crippen molar-refractivity contribution in [2.45, 2.75) is 64.0 Å². The molecule has 1 aliphatic rings. The van der Waals surface area contributed by atoms with Gasteiger partial charge in [0.15, 0.2) is 0 Å². The van der Waals surface area contributed by atoms with Gasteiger partial charge in [0.1, 0.15) is 0 Å². The van der Waals surface area contributed by atoms with Crippen molar-refractivity contribution in [1.29, 1.82) is 0 Å². The Morgan fingerprint density at radius 3 is 2.67 bits per heavy atom. The number of hydrogen-bond donors (Lipinski definition) is 2. The fourth-order valence-electron chi connectivity index (χ4n) is 3.24. The summed E-state index contributed by atoms with van der Waals surface area (Å²) in [5.41, 5.74) is 1.38. The molecule has 2 rings (SSSR count). The number of carbonyl (C=O) groups is 1. The molecule has 2 atom stereocenters. The Bertz CT molecular complexity index is 450. The topological polar surface area (TPSA) is 41.1 Å². The van der Waals surface area contributed by atoms with E-state index in [0.29, 0.717) is 0 Å². The van der Waals surface area contributed by atoms with Crippen LogP contribution in [-0.2, 0) is 10.2 Å². The van der Waals surface area contributed by atoms with E-state index in [2.05, 4.69) is 55.7 Å². The van der Waals surface area contributed by atoms with Crippen LogP contribution in [0.3, 0.4) is 0 Å². The maximum atomic E-state index is 12.3. The van der Waals surface area contributed by atoms with Crippen LogP contribution in [0.1, 0.15) is 52.0 Å². The highest BCUT2D eigenvalue weighted by atomic mass is 16.2. The zero-order valence-corrected chi connectivity index (χ0v) is 13.5. The molecule has 0 spiro atoms. The Kier molecular flexibility index (Phi) is 5.40. The third-order valence-electron chi connectivity index (χ3n) is 4.39. The minimum absolute atomic E-state index is 0.000961. The molecule has 1 aromatic rings. The van der Waals surface area contributed by atoms with E-state index in [-0.39, 0.29) is 23.4 Å². The molecule has 0 aliphatic carbocycles. The lowest BCUT2D eigenvalue weighted by atomic mass is 9.79. The van der Waals surface area contributed by atoms with E-state index in [0.717, 1.165) is 25.8 Å². The average molecular weight is 288 g/mol. The smallest absolute Gasteiger partial charge is 0.237 e. The Morgan fingerprint density at radius 1 is 1.33 bits per heavy atom. The van der Waals surface area contributed by atoms with Crippen LogP contribution in [0.5, 0.6) is 0 Å². The number of nitrogens with one attached hydrogen (secondary N) is 2. The van der Waals surface area contributed by atoms with Crippen LogP contribution in [0.4, 0.5) is 0 Å². The second-order valence-corrected chi connectivity index (χ2v) is 6.87. The molecule has 1 aromatic carbocycles. The Labute approximate surface area is 128 Å². The molecule has 1 aliphatic heterocycles. The molecule has 1 amide bonds. The van der Waals surface area contributed by atoms with Crippen molar-refractivity contribution in [3.05, 3.63) is 35.9 Å². The summed E-state index contributed by atoms with van der Waals surface area (Å²) in [4.78, 5) is 12.3.